The van der Waals surface area contributed by atoms with Crippen LogP contribution in [-0.4, -0.2) is 53.3 Å². The zero-order valence-electron chi connectivity index (χ0n) is 18.7. The van der Waals surface area contributed by atoms with Gasteiger partial charge in [-0.15, -0.1) is 11.3 Å². The molecule has 0 saturated carbocycles. The van der Waals surface area contributed by atoms with Gasteiger partial charge in [-0.25, -0.2) is 4.98 Å². The van der Waals surface area contributed by atoms with Gasteiger partial charge < -0.3 is 14.3 Å². The highest BCUT2D eigenvalue weighted by atomic mass is 32.1. The lowest BCUT2D eigenvalue weighted by Gasteiger charge is -2.34. The molecular weight excluding hydrogens is 418 g/mol. The lowest BCUT2D eigenvalue weighted by molar-refractivity contribution is 0.313. The zero-order valence-corrected chi connectivity index (χ0v) is 19.5. The van der Waals surface area contributed by atoms with E-state index in [1.165, 1.54) is 21.7 Å². The van der Waals surface area contributed by atoms with Crippen LogP contribution in [0.1, 0.15) is 21.7 Å². The van der Waals surface area contributed by atoms with E-state index in [-0.39, 0.29) is 0 Å². The Bertz CT molecular complexity index is 1210. The summed E-state index contributed by atoms with van der Waals surface area (Å²) in [5.74, 6) is 1.07. The van der Waals surface area contributed by atoms with E-state index in [0.29, 0.717) is 11.7 Å². The van der Waals surface area contributed by atoms with Crippen molar-refractivity contribution in [3.05, 3.63) is 70.2 Å². The van der Waals surface area contributed by atoms with Crippen LogP contribution in [0.3, 0.4) is 0 Å². The molecule has 2 aromatic carbocycles. The molecule has 6 nitrogen and oxygen atoms in total. The fourth-order valence-corrected chi connectivity index (χ4v) is 4.95. The Balaban J connectivity index is 1.33. The summed E-state index contributed by atoms with van der Waals surface area (Å²) in [6.45, 7) is 8.48. The third-order valence-electron chi connectivity index (χ3n) is 5.96. The summed E-state index contributed by atoms with van der Waals surface area (Å²) < 4.78 is 5.54. The number of aromatic nitrogens is 3. The molecule has 0 aliphatic carbocycles. The van der Waals surface area contributed by atoms with Crippen molar-refractivity contribution in [1.82, 2.24) is 20.0 Å². The number of anilines is 1. The van der Waals surface area contributed by atoms with Gasteiger partial charge in [0.15, 0.2) is 5.01 Å². The first-order valence-corrected chi connectivity index (χ1v) is 11.8. The van der Waals surface area contributed by atoms with Crippen molar-refractivity contribution in [2.75, 3.05) is 38.1 Å². The van der Waals surface area contributed by atoms with Crippen LogP contribution in [0.25, 0.3) is 22.3 Å². The van der Waals surface area contributed by atoms with Crippen molar-refractivity contribution in [2.45, 2.75) is 20.3 Å². The Labute approximate surface area is 192 Å². The predicted octanol–water partition coefficient (Wildman–Crippen LogP) is 4.82. The Hall–Kier alpha value is -3.03. The quantitative estimate of drug-likeness (QED) is 0.439. The SMILES string of the molecule is Cc1ccc(-c2noc(-c3nc(C)c(Cc4cccc(N5CCN(C)CC5)c4)s3)n2)cc1. The van der Waals surface area contributed by atoms with E-state index < -0.39 is 0 Å². The Morgan fingerprint density at radius 3 is 2.53 bits per heavy atom. The molecule has 0 atom stereocenters. The molecule has 0 radical (unpaired) electrons. The monoisotopic (exact) mass is 445 g/mol. The first-order chi connectivity index (χ1) is 15.5. The van der Waals surface area contributed by atoms with Gasteiger partial charge in [0.1, 0.15) is 0 Å². The van der Waals surface area contributed by atoms with E-state index in [1.54, 1.807) is 11.3 Å². The smallest absolute Gasteiger partial charge is 0.287 e. The molecule has 0 bridgehead atoms. The fourth-order valence-electron chi connectivity index (χ4n) is 3.93. The molecule has 0 amide bonds. The summed E-state index contributed by atoms with van der Waals surface area (Å²) >= 11 is 1.63. The van der Waals surface area contributed by atoms with Gasteiger partial charge in [0.05, 0.1) is 5.69 Å². The third kappa shape index (κ3) is 4.45. The summed E-state index contributed by atoms with van der Waals surface area (Å²) in [7, 11) is 2.19. The number of nitrogens with zero attached hydrogens (tertiary/aromatic N) is 5. The van der Waals surface area contributed by atoms with Crippen LogP contribution < -0.4 is 4.90 Å². The summed E-state index contributed by atoms with van der Waals surface area (Å²) in [5, 5.41) is 4.93. The minimum absolute atomic E-state index is 0.478. The van der Waals surface area contributed by atoms with E-state index in [1.807, 2.05) is 24.3 Å². The molecule has 0 spiro atoms. The van der Waals surface area contributed by atoms with Crippen LogP contribution in [-0.2, 0) is 6.42 Å². The number of piperazine rings is 1. The summed E-state index contributed by atoms with van der Waals surface area (Å²) in [6.07, 6.45) is 0.851. The summed E-state index contributed by atoms with van der Waals surface area (Å²) in [6, 6.07) is 17.0. The maximum atomic E-state index is 5.54. The van der Waals surface area contributed by atoms with Gasteiger partial charge in [-0.3, -0.25) is 0 Å². The normalized spacial score (nSPS) is 14.8. The van der Waals surface area contributed by atoms with Crippen LogP contribution in [0.2, 0.25) is 0 Å². The van der Waals surface area contributed by atoms with E-state index >= 15 is 0 Å². The number of aryl methyl sites for hydroxylation is 2. The molecule has 1 fully saturated rings. The fraction of sp³-hybridized carbons (Fsp3) is 0.320. The highest BCUT2D eigenvalue weighted by Gasteiger charge is 2.18. The second-order valence-corrected chi connectivity index (χ2v) is 9.54. The summed E-state index contributed by atoms with van der Waals surface area (Å²) in [4.78, 5) is 15.4. The number of rotatable bonds is 5. The van der Waals surface area contributed by atoms with Crippen LogP contribution in [0.4, 0.5) is 5.69 Å². The molecule has 2 aromatic heterocycles. The van der Waals surface area contributed by atoms with Crippen molar-refractivity contribution in [1.29, 1.82) is 0 Å². The van der Waals surface area contributed by atoms with Crippen molar-refractivity contribution in [3.8, 4) is 22.3 Å². The molecule has 0 N–H and O–H groups in total. The lowest BCUT2D eigenvalue weighted by Crippen LogP contribution is -2.44. The third-order valence-corrected chi connectivity index (χ3v) is 7.10. The first-order valence-electron chi connectivity index (χ1n) is 10.9. The topological polar surface area (TPSA) is 58.3 Å². The van der Waals surface area contributed by atoms with Crippen LogP contribution >= 0.6 is 11.3 Å². The molecular formula is C25H27N5OS. The maximum absolute atomic E-state index is 5.54. The molecule has 1 aliphatic rings. The van der Waals surface area contributed by atoms with Gasteiger partial charge in [0.2, 0.25) is 5.82 Å². The van der Waals surface area contributed by atoms with Gasteiger partial charge in [0, 0.05) is 48.7 Å². The number of thiazole rings is 1. The summed E-state index contributed by atoms with van der Waals surface area (Å²) in [5.41, 5.74) is 5.77. The Kier molecular flexibility index (Phi) is 5.76. The van der Waals surface area contributed by atoms with Crippen molar-refractivity contribution < 1.29 is 4.52 Å². The minimum atomic E-state index is 0.478. The van der Waals surface area contributed by atoms with Crippen molar-refractivity contribution >= 4 is 17.0 Å². The standard InChI is InChI=1S/C25H27N5OS/c1-17-7-9-20(10-8-17)23-27-24(31-28-23)25-26-18(2)22(32-25)16-19-5-4-6-21(15-19)30-13-11-29(3)12-14-30/h4-10,15H,11-14,16H2,1-3H3. The van der Waals surface area contributed by atoms with Gasteiger partial charge in [-0.05, 0) is 38.6 Å². The molecule has 32 heavy (non-hydrogen) atoms. The highest BCUT2D eigenvalue weighted by molar-refractivity contribution is 7.15. The Morgan fingerprint density at radius 2 is 1.75 bits per heavy atom. The molecule has 3 heterocycles. The first kappa shape index (κ1) is 20.8. The second-order valence-electron chi connectivity index (χ2n) is 8.45. The van der Waals surface area contributed by atoms with E-state index in [4.69, 9.17) is 9.51 Å². The van der Waals surface area contributed by atoms with Crippen molar-refractivity contribution in [2.24, 2.45) is 0 Å². The van der Waals surface area contributed by atoms with Gasteiger partial charge in [-0.2, -0.15) is 4.98 Å². The van der Waals surface area contributed by atoms with Crippen LogP contribution in [0.15, 0.2) is 53.1 Å². The largest absolute Gasteiger partial charge is 0.369 e. The molecule has 0 unspecified atom stereocenters. The molecule has 4 aromatic rings. The Morgan fingerprint density at radius 1 is 0.969 bits per heavy atom. The van der Waals surface area contributed by atoms with Crippen LogP contribution in [0.5, 0.6) is 0 Å². The van der Waals surface area contributed by atoms with Crippen molar-refractivity contribution in [3.63, 3.8) is 0 Å². The average molecular weight is 446 g/mol. The molecule has 5 rings (SSSR count). The second kappa shape index (κ2) is 8.84. The van der Waals surface area contributed by atoms with Gasteiger partial charge in [-0.1, -0.05) is 47.1 Å². The van der Waals surface area contributed by atoms with E-state index in [2.05, 4.69) is 65.1 Å². The lowest BCUT2D eigenvalue weighted by atomic mass is 10.1. The van der Waals surface area contributed by atoms with Crippen LogP contribution in [0, 0.1) is 13.8 Å². The molecule has 7 heteroatoms. The minimum Gasteiger partial charge on any atom is -0.369 e. The van der Waals surface area contributed by atoms with Gasteiger partial charge >= 0.3 is 0 Å². The highest BCUT2D eigenvalue weighted by Crippen LogP contribution is 2.30. The van der Waals surface area contributed by atoms with E-state index in [0.717, 1.165) is 48.9 Å². The van der Waals surface area contributed by atoms with E-state index in [9.17, 15) is 0 Å². The average Bonchev–Trinajstić information content (AvgIpc) is 3.42. The predicted molar refractivity (Wildman–Crippen MR) is 129 cm³/mol. The molecule has 164 valence electrons. The maximum Gasteiger partial charge on any atom is 0.287 e. The number of benzene rings is 2. The number of likely N-dealkylation sites (N-methyl/N-ethyl adjacent to an activating group) is 1. The molecule has 1 saturated heterocycles. The molecule has 1 aliphatic heterocycles. The van der Waals surface area contributed by atoms with Gasteiger partial charge in [0.25, 0.3) is 5.89 Å². The number of hydrogen-bond donors (Lipinski definition) is 0. The number of hydrogen-bond acceptors (Lipinski definition) is 7. The zero-order chi connectivity index (χ0) is 22.1.